The number of aromatic amines is 1. The molecule has 166 valence electrons. The number of amides is 4. The number of imidazole rings is 1. The predicted octanol–water partition coefficient (Wildman–Crippen LogP) is -4.29. The van der Waals surface area contributed by atoms with Gasteiger partial charge in [-0.2, -0.15) is 0 Å². The number of nitrogens with one attached hydrogen (secondary N) is 4. The molecule has 0 bridgehead atoms. The number of rotatable bonds is 12. The van der Waals surface area contributed by atoms with Crippen LogP contribution in [0.25, 0.3) is 0 Å². The van der Waals surface area contributed by atoms with Gasteiger partial charge in [0.2, 0.25) is 23.6 Å². The molecule has 0 aromatic carbocycles. The highest BCUT2D eigenvalue weighted by atomic mass is 16.4. The molecule has 4 amide bonds. The summed E-state index contributed by atoms with van der Waals surface area (Å²) in [5.74, 6) is -4.73. The van der Waals surface area contributed by atoms with Crippen LogP contribution in [-0.2, 0) is 30.4 Å². The van der Waals surface area contributed by atoms with Gasteiger partial charge in [0.25, 0.3) is 0 Å². The third-order valence-electron chi connectivity index (χ3n) is 3.86. The molecule has 0 aliphatic heterocycles. The fourth-order valence-corrected chi connectivity index (χ4v) is 2.32. The van der Waals surface area contributed by atoms with Crippen molar-refractivity contribution in [1.29, 1.82) is 0 Å². The highest BCUT2D eigenvalue weighted by Gasteiger charge is 2.30. The maximum absolute atomic E-state index is 12.4. The fourth-order valence-electron chi connectivity index (χ4n) is 2.32. The lowest BCUT2D eigenvalue weighted by atomic mass is 10.1. The number of aliphatic hydroxyl groups excluding tert-OH is 1. The molecule has 1 aromatic heterocycles. The molecule has 4 unspecified atom stereocenters. The van der Waals surface area contributed by atoms with Gasteiger partial charge in [-0.15, -0.1) is 0 Å². The van der Waals surface area contributed by atoms with E-state index in [1.807, 2.05) is 0 Å². The second-order valence-electron chi connectivity index (χ2n) is 6.46. The van der Waals surface area contributed by atoms with Crippen LogP contribution in [0.4, 0.5) is 0 Å². The molecule has 14 nitrogen and oxygen atoms in total. The van der Waals surface area contributed by atoms with Gasteiger partial charge in [0, 0.05) is 18.3 Å². The topological polar surface area (TPSA) is 243 Å². The second kappa shape index (κ2) is 11.5. The Labute approximate surface area is 170 Å². The summed E-state index contributed by atoms with van der Waals surface area (Å²) in [6, 6.07) is -4.08. The van der Waals surface area contributed by atoms with Crippen molar-refractivity contribution in [2.45, 2.75) is 44.0 Å². The summed E-state index contributed by atoms with van der Waals surface area (Å²) < 4.78 is 0. The first-order valence-corrected chi connectivity index (χ1v) is 8.80. The van der Waals surface area contributed by atoms with E-state index >= 15 is 0 Å². The van der Waals surface area contributed by atoms with Gasteiger partial charge in [0.05, 0.1) is 31.4 Å². The molecule has 0 saturated carbocycles. The van der Waals surface area contributed by atoms with E-state index in [4.69, 9.17) is 11.5 Å². The van der Waals surface area contributed by atoms with Crippen LogP contribution in [0.1, 0.15) is 19.0 Å². The standard InChI is InChI=1S/C16H25N7O7/c1-7(24)13(23-12(26)5-20-14(27)9(17)3-11(18)25)15(28)22-10(16(29)30)2-8-4-19-6-21-8/h4,6-7,9-10,13,24H,2-3,5,17H2,1H3,(H2,18,25)(H,19,21)(H,20,27)(H,22,28)(H,23,26)(H,29,30). The van der Waals surface area contributed by atoms with Crippen molar-refractivity contribution in [2.24, 2.45) is 11.5 Å². The number of H-pyrrole nitrogens is 1. The Bertz CT molecular complexity index is 766. The zero-order valence-corrected chi connectivity index (χ0v) is 16.1. The number of nitrogens with zero attached hydrogens (tertiary/aromatic N) is 1. The van der Waals surface area contributed by atoms with Gasteiger partial charge in [0.1, 0.15) is 12.1 Å². The summed E-state index contributed by atoms with van der Waals surface area (Å²) in [7, 11) is 0. The number of carbonyl (C=O) groups is 5. The summed E-state index contributed by atoms with van der Waals surface area (Å²) in [6.07, 6.45) is 0.845. The number of aromatic nitrogens is 2. The van der Waals surface area contributed by atoms with Crippen LogP contribution in [0.5, 0.6) is 0 Å². The van der Waals surface area contributed by atoms with Crippen molar-refractivity contribution in [2.75, 3.05) is 6.54 Å². The number of primary amides is 1. The van der Waals surface area contributed by atoms with Crippen molar-refractivity contribution >= 4 is 29.6 Å². The van der Waals surface area contributed by atoms with Gasteiger partial charge < -0.3 is 42.6 Å². The first-order valence-electron chi connectivity index (χ1n) is 8.80. The van der Waals surface area contributed by atoms with Gasteiger partial charge in [-0.05, 0) is 6.92 Å². The molecule has 0 radical (unpaired) electrons. The van der Waals surface area contributed by atoms with Gasteiger partial charge in [0.15, 0.2) is 0 Å². The second-order valence-corrected chi connectivity index (χ2v) is 6.46. The predicted molar refractivity (Wildman–Crippen MR) is 100 cm³/mol. The van der Waals surface area contributed by atoms with Crippen LogP contribution in [-0.4, -0.2) is 80.6 Å². The minimum atomic E-state index is -1.49. The van der Waals surface area contributed by atoms with Crippen LogP contribution in [0.15, 0.2) is 12.5 Å². The number of carbonyl (C=O) groups excluding carboxylic acids is 4. The highest BCUT2D eigenvalue weighted by Crippen LogP contribution is 2.01. The lowest BCUT2D eigenvalue weighted by Gasteiger charge is -2.23. The van der Waals surface area contributed by atoms with E-state index < -0.39 is 66.8 Å². The average Bonchev–Trinajstić information content (AvgIpc) is 3.15. The normalized spacial score (nSPS) is 14.6. The molecule has 0 spiro atoms. The SMILES string of the molecule is CC(O)C(NC(=O)CNC(=O)C(N)CC(N)=O)C(=O)NC(Cc1cnc[nH]1)C(=O)O. The van der Waals surface area contributed by atoms with E-state index in [9.17, 15) is 34.2 Å². The van der Waals surface area contributed by atoms with Crippen molar-refractivity contribution in [1.82, 2.24) is 25.9 Å². The Morgan fingerprint density at radius 1 is 1.20 bits per heavy atom. The van der Waals surface area contributed by atoms with E-state index in [0.717, 1.165) is 0 Å². The van der Waals surface area contributed by atoms with Crippen molar-refractivity contribution in [3.05, 3.63) is 18.2 Å². The van der Waals surface area contributed by atoms with Crippen LogP contribution < -0.4 is 27.4 Å². The van der Waals surface area contributed by atoms with E-state index in [1.54, 1.807) is 0 Å². The Kier molecular flexibility index (Phi) is 9.38. The Morgan fingerprint density at radius 3 is 2.37 bits per heavy atom. The largest absolute Gasteiger partial charge is 0.480 e. The first kappa shape index (κ1) is 24.5. The molecule has 1 rings (SSSR count). The van der Waals surface area contributed by atoms with Crippen molar-refractivity contribution < 1.29 is 34.2 Å². The minimum Gasteiger partial charge on any atom is -0.480 e. The minimum absolute atomic E-state index is 0.102. The number of hydrogen-bond acceptors (Lipinski definition) is 8. The van der Waals surface area contributed by atoms with Crippen molar-refractivity contribution in [3.8, 4) is 0 Å². The molecule has 1 aromatic rings. The van der Waals surface area contributed by atoms with E-state index in [2.05, 4.69) is 25.9 Å². The van der Waals surface area contributed by atoms with Crippen LogP contribution in [0.2, 0.25) is 0 Å². The first-order chi connectivity index (χ1) is 14.0. The van der Waals surface area contributed by atoms with Gasteiger partial charge in [-0.25, -0.2) is 9.78 Å². The summed E-state index contributed by atoms with van der Waals surface area (Å²) in [5.41, 5.74) is 10.8. The fraction of sp³-hybridized carbons (Fsp3) is 0.500. The summed E-state index contributed by atoms with van der Waals surface area (Å²) in [6.45, 7) is 0.620. The number of aliphatic hydroxyl groups is 1. The Hall–Kier alpha value is -3.52. The van der Waals surface area contributed by atoms with E-state index in [0.29, 0.717) is 5.69 Å². The Balaban J connectivity index is 2.65. The monoisotopic (exact) mass is 427 g/mol. The van der Waals surface area contributed by atoms with E-state index in [-0.39, 0.29) is 6.42 Å². The van der Waals surface area contributed by atoms with E-state index in [1.165, 1.54) is 19.4 Å². The zero-order chi connectivity index (χ0) is 22.8. The van der Waals surface area contributed by atoms with Crippen LogP contribution in [0.3, 0.4) is 0 Å². The lowest BCUT2D eigenvalue weighted by Crippen LogP contribution is -2.57. The molecule has 4 atom stereocenters. The highest BCUT2D eigenvalue weighted by molar-refractivity contribution is 5.93. The lowest BCUT2D eigenvalue weighted by molar-refractivity contribution is -0.143. The quantitative estimate of drug-likeness (QED) is 0.161. The number of carboxylic acids is 1. The molecule has 0 saturated heterocycles. The molecule has 0 fully saturated rings. The van der Waals surface area contributed by atoms with Gasteiger partial charge in [-0.3, -0.25) is 19.2 Å². The smallest absolute Gasteiger partial charge is 0.326 e. The molecule has 0 aliphatic carbocycles. The molecular formula is C16H25N7O7. The van der Waals surface area contributed by atoms with Gasteiger partial charge >= 0.3 is 5.97 Å². The van der Waals surface area contributed by atoms with Crippen molar-refractivity contribution in [3.63, 3.8) is 0 Å². The van der Waals surface area contributed by atoms with Crippen LogP contribution >= 0.6 is 0 Å². The number of aliphatic carboxylic acids is 1. The third kappa shape index (κ3) is 8.24. The third-order valence-corrected chi connectivity index (χ3v) is 3.86. The number of carboxylic acid groups (broad SMARTS) is 1. The molecule has 14 heteroatoms. The maximum Gasteiger partial charge on any atom is 0.326 e. The Morgan fingerprint density at radius 2 is 1.87 bits per heavy atom. The maximum atomic E-state index is 12.4. The summed E-state index contributed by atoms with van der Waals surface area (Å²) in [4.78, 5) is 64.7. The van der Waals surface area contributed by atoms with Gasteiger partial charge in [-0.1, -0.05) is 0 Å². The molecule has 30 heavy (non-hydrogen) atoms. The molecule has 0 aliphatic rings. The molecular weight excluding hydrogens is 402 g/mol. The number of hydrogen-bond donors (Lipinski definition) is 8. The average molecular weight is 427 g/mol. The summed E-state index contributed by atoms with van der Waals surface area (Å²) in [5, 5.41) is 25.7. The van der Waals surface area contributed by atoms with Crippen LogP contribution in [0, 0.1) is 0 Å². The molecule has 10 N–H and O–H groups in total. The zero-order valence-electron chi connectivity index (χ0n) is 16.1. The number of nitrogens with two attached hydrogens (primary N) is 2. The summed E-state index contributed by atoms with van der Waals surface area (Å²) >= 11 is 0. The molecule has 1 heterocycles.